The molecule has 2 rings (SSSR count). The van der Waals surface area contributed by atoms with E-state index in [0.717, 1.165) is 19.4 Å². The van der Waals surface area contributed by atoms with Crippen molar-refractivity contribution in [1.29, 1.82) is 0 Å². The van der Waals surface area contributed by atoms with E-state index < -0.39 is 0 Å². The van der Waals surface area contributed by atoms with Crippen molar-refractivity contribution in [1.82, 2.24) is 9.55 Å². The zero-order chi connectivity index (χ0) is 10.5. The molecule has 0 fully saturated rings. The van der Waals surface area contributed by atoms with Crippen LogP contribution in [-0.4, -0.2) is 9.55 Å². The lowest BCUT2D eigenvalue weighted by Crippen LogP contribution is -2.03. The summed E-state index contributed by atoms with van der Waals surface area (Å²) in [5, 5.41) is 0. The molecule has 0 aliphatic carbocycles. The lowest BCUT2D eigenvalue weighted by molar-refractivity contribution is 0.664. The summed E-state index contributed by atoms with van der Waals surface area (Å²) in [7, 11) is 0. The summed E-state index contributed by atoms with van der Waals surface area (Å²) in [5.41, 5.74) is 2.69. The van der Waals surface area contributed by atoms with Crippen LogP contribution >= 0.6 is 0 Å². The molecule has 1 heterocycles. The van der Waals surface area contributed by atoms with Crippen LogP contribution in [0, 0.1) is 0 Å². The molecule has 0 saturated heterocycles. The molecule has 0 amide bonds. The first-order chi connectivity index (χ1) is 7.40. The molecule has 2 heteroatoms. The largest absolute Gasteiger partial charge is 0.334 e. The van der Waals surface area contributed by atoms with Gasteiger partial charge in [0, 0.05) is 18.4 Å². The molecule has 0 atom stereocenters. The monoisotopic (exact) mass is 200 g/mol. The van der Waals surface area contributed by atoms with Gasteiger partial charge in [-0.3, -0.25) is 0 Å². The summed E-state index contributed by atoms with van der Waals surface area (Å²) in [4.78, 5) is 4.17. The Labute approximate surface area is 90.6 Å². The van der Waals surface area contributed by atoms with Gasteiger partial charge in [0.25, 0.3) is 0 Å². The van der Waals surface area contributed by atoms with Gasteiger partial charge in [-0.05, 0) is 18.4 Å². The van der Waals surface area contributed by atoms with Crippen LogP contribution in [0.15, 0.2) is 42.9 Å². The van der Waals surface area contributed by atoms with Gasteiger partial charge in [-0.1, -0.05) is 37.3 Å². The molecule has 0 aliphatic rings. The lowest BCUT2D eigenvalue weighted by atomic mass is 10.1. The second-order valence-electron chi connectivity index (χ2n) is 3.67. The van der Waals surface area contributed by atoms with Crippen molar-refractivity contribution in [3.63, 3.8) is 0 Å². The van der Waals surface area contributed by atoms with Crippen LogP contribution in [0.2, 0.25) is 0 Å². The fourth-order valence-corrected chi connectivity index (χ4v) is 1.74. The highest BCUT2D eigenvalue weighted by Crippen LogP contribution is 2.05. The molecule has 2 aromatic rings. The highest BCUT2D eigenvalue weighted by molar-refractivity contribution is 5.14. The minimum atomic E-state index is 1.02. The molecule has 2 nitrogen and oxygen atoms in total. The van der Waals surface area contributed by atoms with Gasteiger partial charge < -0.3 is 4.57 Å². The Bertz CT molecular complexity index is 403. The Balaban J connectivity index is 1.99. The van der Waals surface area contributed by atoms with Gasteiger partial charge in [-0.2, -0.15) is 0 Å². The number of imidazole rings is 1. The van der Waals surface area contributed by atoms with E-state index in [4.69, 9.17) is 0 Å². The van der Waals surface area contributed by atoms with Crippen LogP contribution in [0.3, 0.4) is 0 Å². The third-order valence-electron chi connectivity index (χ3n) is 2.64. The van der Waals surface area contributed by atoms with Gasteiger partial charge >= 0.3 is 0 Å². The minimum absolute atomic E-state index is 1.02. The second-order valence-corrected chi connectivity index (χ2v) is 3.67. The molecule has 0 radical (unpaired) electrons. The van der Waals surface area contributed by atoms with Crippen molar-refractivity contribution in [2.24, 2.45) is 0 Å². The molecule has 15 heavy (non-hydrogen) atoms. The van der Waals surface area contributed by atoms with Crippen LogP contribution in [0.1, 0.15) is 18.2 Å². The number of hydrogen-bond donors (Lipinski definition) is 0. The van der Waals surface area contributed by atoms with E-state index in [1.54, 1.807) is 0 Å². The normalized spacial score (nSPS) is 10.5. The number of nitrogens with zero attached hydrogens (tertiary/aromatic N) is 2. The van der Waals surface area contributed by atoms with E-state index in [2.05, 4.69) is 46.8 Å². The van der Waals surface area contributed by atoms with Crippen LogP contribution in [0.25, 0.3) is 0 Å². The van der Waals surface area contributed by atoms with Gasteiger partial charge in [-0.15, -0.1) is 0 Å². The second kappa shape index (κ2) is 4.78. The smallest absolute Gasteiger partial charge is 0.0948 e. The third-order valence-corrected chi connectivity index (χ3v) is 2.64. The quantitative estimate of drug-likeness (QED) is 0.742. The molecule has 0 unspecified atom stereocenters. The predicted molar refractivity (Wildman–Crippen MR) is 61.8 cm³/mol. The fraction of sp³-hybridized carbons (Fsp3) is 0.308. The van der Waals surface area contributed by atoms with Crippen LogP contribution < -0.4 is 0 Å². The average Bonchev–Trinajstić information content (AvgIpc) is 2.75. The van der Waals surface area contributed by atoms with Gasteiger partial charge in [-0.25, -0.2) is 4.98 Å². The Kier molecular flexibility index (Phi) is 3.18. The summed E-state index contributed by atoms with van der Waals surface area (Å²) in [6, 6.07) is 10.6. The van der Waals surface area contributed by atoms with Crippen LogP contribution in [-0.2, 0) is 19.4 Å². The zero-order valence-corrected chi connectivity index (χ0v) is 9.06. The minimum Gasteiger partial charge on any atom is -0.334 e. The SMILES string of the molecule is CCc1cncn1CCc1ccccc1. The zero-order valence-electron chi connectivity index (χ0n) is 9.06. The molecule has 1 aromatic carbocycles. The lowest BCUT2D eigenvalue weighted by Gasteiger charge is -2.06. The van der Waals surface area contributed by atoms with Gasteiger partial charge in [0.15, 0.2) is 0 Å². The first-order valence-corrected chi connectivity index (χ1v) is 5.43. The summed E-state index contributed by atoms with van der Waals surface area (Å²) in [6.07, 6.45) is 5.99. The van der Waals surface area contributed by atoms with Crippen molar-refractivity contribution in [3.05, 3.63) is 54.1 Å². The average molecular weight is 200 g/mol. The number of hydrogen-bond acceptors (Lipinski definition) is 1. The van der Waals surface area contributed by atoms with Gasteiger partial charge in [0.2, 0.25) is 0 Å². The molecular formula is C13H16N2. The molecule has 0 saturated carbocycles. The molecule has 0 spiro atoms. The number of aromatic nitrogens is 2. The highest BCUT2D eigenvalue weighted by Gasteiger charge is 1.99. The molecule has 78 valence electrons. The van der Waals surface area contributed by atoms with Crippen molar-refractivity contribution < 1.29 is 0 Å². The summed E-state index contributed by atoms with van der Waals surface area (Å²) in [6.45, 7) is 3.18. The Hall–Kier alpha value is -1.57. The highest BCUT2D eigenvalue weighted by atomic mass is 15.0. The molecule has 0 bridgehead atoms. The Morgan fingerprint density at radius 3 is 2.73 bits per heavy atom. The molecule has 1 aromatic heterocycles. The van der Waals surface area contributed by atoms with E-state index in [1.807, 2.05) is 12.5 Å². The summed E-state index contributed by atoms with van der Waals surface area (Å²) >= 11 is 0. The third kappa shape index (κ3) is 2.46. The van der Waals surface area contributed by atoms with E-state index in [9.17, 15) is 0 Å². The number of rotatable bonds is 4. The summed E-state index contributed by atoms with van der Waals surface area (Å²) in [5.74, 6) is 0. The van der Waals surface area contributed by atoms with Crippen molar-refractivity contribution >= 4 is 0 Å². The summed E-state index contributed by atoms with van der Waals surface area (Å²) < 4.78 is 2.23. The number of benzene rings is 1. The van der Waals surface area contributed by atoms with Crippen molar-refractivity contribution in [2.75, 3.05) is 0 Å². The van der Waals surface area contributed by atoms with E-state index in [1.165, 1.54) is 11.3 Å². The van der Waals surface area contributed by atoms with Crippen LogP contribution in [0.4, 0.5) is 0 Å². The maximum Gasteiger partial charge on any atom is 0.0948 e. The molecule has 0 N–H and O–H groups in total. The standard InChI is InChI=1S/C13H16N2/c1-2-13-10-14-11-15(13)9-8-12-6-4-3-5-7-12/h3-7,10-11H,2,8-9H2,1H3. The van der Waals surface area contributed by atoms with E-state index >= 15 is 0 Å². The molecule has 0 aliphatic heterocycles. The topological polar surface area (TPSA) is 17.8 Å². The molecular weight excluding hydrogens is 184 g/mol. The first kappa shape index (κ1) is 9.97. The predicted octanol–water partition coefficient (Wildman–Crippen LogP) is 2.69. The maximum absolute atomic E-state index is 4.17. The fourth-order valence-electron chi connectivity index (χ4n) is 1.74. The maximum atomic E-state index is 4.17. The number of aryl methyl sites for hydroxylation is 3. The van der Waals surface area contributed by atoms with Gasteiger partial charge in [0.05, 0.1) is 6.33 Å². The first-order valence-electron chi connectivity index (χ1n) is 5.43. The van der Waals surface area contributed by atoms with E-state index in [0.29, 0.717) is 0 Å². The van der Waals surface area contributed by atoms with Crippen molar-refractivity contribution in [2.45, 2.75) is 26.3 Å². The Morgan fingerprint density at radius 1 is 1.20 bits per heavy atom. The Morgan fingerprint density at radius 2 is 2.00 bits per heavy atom. The van der Waals surface area contributed by atoms with Gasteiger partial charge in [0.1, 0.15) is 0 Å². The van der Waals surface area contributed by atoms with Crippen LogP contribution in [0.5, 0.6) is 0 Å². The van der Waals surface area contributed by atoms with Crippen molar-refractivity contribution in [3.8, 4) is 0 Å². The van der Waals surface area contributed by atoms with E-state index in [-0.39, 0.29) is 0 Å².